The number of hydrogen-bond acceptors (Lipinski definition) is 2. The van der Waals surface area contributed by atoms with Crippen molar-refractivity contribution >= 4 is 5.96 Å². The summed E-state index contributed by atoms with van der Waals surface area (Å²) in [7, 11) is 3.70. The number of hydrogen-bond donors (Lipinski definition) is 1. The number of nitrogens with one attached hydrogen (secondary N) is 1. The van der Waals surface area contributed by atoms with Gasteiger partial charge in [-0.1, -0.05) is 6.42 Å². The molecule has 0 aromatic rings. The largest absolute Gasteiger partial charge is 0.384 e. The van der Waals surface area contributed by atoms with Crippen molar-refractivity contribution in [3.63, 3.8) is 0 Å². The molecule has 0 spiro atoms. The monoisotopic (exact) mass is 293 g/mol. The molecule has 1 saturated heterocycles. The second kappa shape index (κ2) is 6.99. The summed E-state index contributed by atoms with van der Waals surface area (Å²) >= 11 is 0. The second-order valence-corrected chi connectivity index (χ2v) is 7.25. The van der Waals surface area contributed by atoms with Gasteiger partial charge >= 0.3 is 0 Å². The minimum atomic E-state index is 0.666. The summed E-state index contributed by atoms with van der Waals surface area (Å²) < 4.78 is 5.28. The number of ether oxygens (including phenoxy) is 1. The summed E-state index contributed by atoms with van der Waals surface area (Å²) in [6.07, 6.45) is 8.56. The van der Waals surface area contributed by atoms with E-state index in [9.17, 15) is 0 Å². The van der Waals surface area contributed by atoms with Crippen LogP contribution in [0, 0.1) is 23.7 Å². The number of guanidine groups is 1. The van der Waals surface area contributed by atoms with E-state index in [1.165, 1.54) is 38.5 Å². The molecule has 0 aromatic heterocycles. The predicted molar refractivity (Wildman–Crippen MR) is 86.5 cm³/mol. The number of methoxy groups -OCH3 is 1. The lowest BCUT2D eigenvalue weighted by Gasteiger charge is -2.25. The average Bonchev–Trinajstić information content (AvgIpc) is 3.20. The molecule has 4 atom stereocenters. The molecule has 0 aromatic carbocycles. The molecule has 2 bridgehead atoms. The summed E-state index contributed by atoms with van der Waals surface area (Å²) in [5.74, 6) is 4.84. The minimum absolute atomic E-state index is 0.666. The Morgan fingerprint density at radius 3 is 2.86 bits per heavy atom. The number of aliphatic imine (C=N–C) groups is 1. The van der Waals surface area contributed by atoms with Gasteiger partial charge in [0.05, 0.1) is 6.61 Å². The second-order valence-electron chi connectivity index (χ2n) is 7.25. The zero-order valence-electron chi connectivity index (χ0n) is 13.7. The van der Waals surface area contributed by atoms with E-state index in [0.29, 0.717) is 5.92 Å². The molecule has 2 aliphatic carbocycles. The van der Waals surface area contributed by atoms with Crippen LogP contribution in [0.5, 0.6) is 0 Å². The molecule has 3 rings (SSSR count). The summed E-state index contributed by atoms with van der Waals surface area (Å²) in [5, 5.41) is 3.60. The van der Waals surface area contributed by atoms with Crippen molar-refractivity contribution < 1.29 is 4.74 Å². The van der Waals surface area contributed by atoms with E-state index in [2.05, 4.69) is 15.2 Å². The third-order valence-electron chi connectivity index (χ3n) is 5.88. The van der Waals surface area contributed by atoms with Gasteiger partial charge in [0.25, 0.3) is 0 Å². The van der Waals surface area contributed by atoms with Gasteiger partial charge < -0.3 is 15.0 Å². The zero-order valence-corrected chi connectivity index (χ0v) is 13.7. The van der Waals surface area contributed by atoms with Gasteiger partial charge in [-0.15, -0.1) is 0 Å². The van der Waals surface area contributed by atoms with Crippen LogP contribution in [-0.4, -0.2) is 51.3 Å². The Kier molecular flexibility index (Phi) is 5.04. The van der Waals surface area contributed by atoms with Crippen molar-refractivity contribution in [2.24, 2.45) is 28.7 Å². The topological polar surface area (TPSA) is 36.9 Å². The Balaban J connectivity index is 1.39. The first-order valence-corrected chi connectivity index (χ1v) is 8.74. The Morgan fingerprint density at radius 1 is 1.29 bits per heavy atom. The molecule has 3 fully saturated rings. The lowest BCUT2D eigenvalue weighted by molar-refractivity contribution is 0.157. The highest BCUT2D eigenvalue weighted by Gasteiger charge is 2.38. The fraction of sp³-hybridized carbons (Fsp3) is 0.941. The fourth-order valence-corrected chi connectivity index (χ4v) is 4.83. The summed E-state index contributed by atoms with van der Waals surface area (Å²) in [6.45, 7) is 4.16. The zero-order chi connectivity index (χ0) is 14.7. The molecule has 4 nitrogen and oxygen atoms in total. The maximum absolute atomic E-state index is 5.28. The third kappa shape index (κ3) is 3.53. The summed E-state index contributed by atoms with van der Waals surface area (Å²) in [5.41, 5.74) is 0. The highest BCUT2D eigenvalue weighted by atomic mass is 16.5. The van der Waals surface area contributed by atoms with Crippen LogP contribution in [0.3, 0.4) is 0 Å². The average molecular weight is 293 g/mol. The molecule has 1 aliphatic heterocycles. The van der Waals surface area contributed by atoms with Crippen molar-refractivity contribution in [2.45, 2.75) is 38.5 Å². The number of likely N-dealkylation sites (tertiary alicyclic amines) is 1. The van der Waals surface area contributed by atoms with Crippen molar-refractivity contribution in [3.05, 3.63) is 0 Å². The molecule has 2 saturated carbocycles. The van der Waals surface area contributed by atoms with Crippen molar-refractivity contribution in [1.29, 1.82) is 0 Å². The van der Waals surface area contributed by atoms with Crippen molar-refractivity contribution in [3.8, 4) is 0 Å². The Bertz CT molecular complexity index is 371. The van der Waals surface area contributed by atoms with Gasteiger partial charge in [-0.05, 0) is 49.9 Å². The van der Waals surface area contributed by atoms with Crippen molar-refractivity contribution in [1.82, 2.24) is 10.2 Å². The van der Waals surface area contributed by atoms with Gasteiger partial charge in [-0.25, -0.2) is 0 Å². The van der Waals surface area contributed by atoms with Gasteiger partial charge in [0.2, 0.25) is 0 Å². The van der Waals surface area contributed by atoms with Crippen molar-refractivity contribution in [2.75, 3.05) is 40.4 Å². The lowest BCUT2D eigenvalue weighted by Crippen LogP contribution is -2.41. The van der Waals surface area contributed by atoms with Crippen LogP contribution < -0.4 is 5.32 Å². The standard InChI is InChI=1S/C17H31N3O/c1-18-17(20-8-6-14(11-20)12-21-2)19-7-5-16-10-13-3-4-15(16)9-13/h13-16H,3-12H2,1-2H3,(H,18,19). The molecule has 0 amide bonds. The quantitative estimate of drug-likeness (QED) is 0.624. The predicted octanol–water partition coefficient (Wildman–Crippen LogP) is 2.36. The van der Waals surface area contributed by atoms with Crippen LogP contribution >= 0.6 is 0 Å². The van der Waals surface area contributed by atoms with Crippen LogP contribution in [0.4, 0.5) is 0 Å². The number of nitrogens with zero attached hydrogens (tertiary/aromatic N) is 2. The SMILES string of the molecule is CN=C(NCCC1CC2CCC1C2)N1CCC(COC)C1. The number of rotatable bonds is 5. The lowest BCUT2D eigenvalue weighted by atomic mass is 9.86. The van der Waals surface area contributed by atoms with Crippen LogP contribution in [0.15, 0.2) is 4.99 Å². The molecule has 4 heteroatoms. The maximum Gasteiger partial charge on any atom is 0.193 e. The van der Waals surface area contributed by atoms with E-state index in [1.807, 2.05) is 7.05 Å². The van der Waals surface area contributed by atoms with Gasteiger partial charge in [0.15, 0.2) is 5.96 Å². The van der Waals surface area contributed by atoms with E-state index >= 15 is 0 Å². The summed E-state index contributed by atoms with van der Waals surface area (Å²) in [6, 6.07) is 0. The molecule has 1 heterocycles. The molecular formula is C17H31N3O. The molecule has 21 heavy (non-hydrogen) atoms. The Labute approximate surface area is 129 Å². The molecule has 1 N–H and O–H groups in total. The molecule has 3 aliphatic rings. The first-order chi connectivity index (χ1) is 10.3. The maximum atomic E-state index is 5.28. The van der Waals surface area contributed by atoms with Gasteiger partial charge in [-0.3, -0.25) is 4.99 Å². The van der Waals surface area contributed by atoms with E-state index in [1.54, 1.807) is 7.11 Å². The molecule has 120 valence electrons. The Hall–Kier alpha value is -0.770. The van der Waals surface area contributed by atoms with E-state index in [4.69, 9.17) is 4.74 Å². The number of fused-ring (bicyclic) bond motifs is 2. The van der Waals surface area contributed by atoms with Crippen LogP contribution in [0.1, 0.15) is 38.5 Å². The normalized spacial score (nSPS) is 35.7. The third-order valence-corrected chi connectivity index (χ3v) is 5.88. The van der Waals surface area contributed by atoms with E-state index in [-0.39, 0.29) is 0 Å². The minimum Gasteiger partial charge on any atom is -0.384 e. The van der Waals surface area contributed by atoms with E-state index in [0.717, 1.165) is 50.0 Å². The molecule has 4 unspecified atom stereocenters. The van der Waals surface area contributed by atoms with Gasteiger partial charge in [0.1, 0.15) is 0 Å². The Morgan fingerprint density at radius 2 is 2.19 bits per heavy atom. The van der Waals surface area contributed by atoms with E-state index < -0.39 is 0 Å². The van der Waals surface area contributed by atoms with Crippen LogP contribution in [0.2, 0.25) is 0 Å². The molecule has 0 radical (unpaired) electrons. The van der Waals surface area contributed by atoms with Crippen LogP contribution in [-0.2, 0) is 4.74 Å². The highest BCUT2D eigenvalue weighted by molar-refractivity contribution is 5.80. The first kappa shape index (κ1) is 15.1. The van der Waals surface area contributed by atoms with Crippen LogP contribution in [0.25, 0.3) is 0 Å². The first-order valence-electron chi connectivity index (χ1n) is 8.74. The van der Waals surface area contributed by atoms with Gasteiger partial charge in [-0.2, -0.15) is 0 Å². The summed E-state index contributed by atoms with van der Waals surface area (Å²) in [4.78, 5) is 6.86. The smallest absolute Gasteiger partial charge is 0.193 e. The fourth-order valence-electron chi connectivity index (χ4n) is 4.83. The highest BCUT2D eigenvalue weighted by Crippen LogP contribution is 2.49. The van der Waals surface area contributed by atoms with Gasteiger partial charge in [0, 0.05) is 39.7 Å². The molecular weight excluding hydrogens is 262 g/mol.